The second-order valence-electron chi connectivity index (χ2n) is 6.17. The predicted octanol–water partition coefficient (Wildman–Crippen LogP) is 3.02. The molecule has 1 aliphatic rings. The SMILES string of the molecule is CCOC(=O)CCN(Cc1ccc2c(c1)OCO2)C(=O)c1ccccc1OC. The van der Waals surface area contributed by atoms with Crippen LogP contribution in [0.15, 0.2) is 42.5 Å². The quantitative estimate of drug-likeness (QED) is 0.651. The van der Waals surface area contributed by atoms with E-state index in [2.05, 4.69) is 0 Å². The zero-order valence-electron chi connectivity index (χ0n) is 16.0. The molecular weight excluding hydrogens is 362 g/mol. The van der Waals surface area contributed by atoms with Crippen LogP contribution < -0.4 is 14.2 Å². The van der Waals surface area contributed by atoms with Gasteiger partial charge < -0.3 is 23.8 Å². The van der Waals surface area contributed by atoms with Crippen molar-refractivity contribution < 1.29 is 28.5 Å². The molecule has 2 aromatic carbocycles. The second-order valence-corrected chi connectivity index (χ2v) is 6.17. The van der Waals surface area contributed by atoms with Crippen LogP contribution >= 0.6 is 0 Å². The van der Waals surface area contributed by atoms with Crippen molar-refractivity contribution in [1.82, 2.24) is 4.90 Å². The van der Waals surface area contributed by atoms with E-state index in [1.54, 1.807) is 36.1 Å². The van der Waals surface area contributed by atoms with Crippen LogP contribution in [-0.4, -0.2) is 43.8 Å². The van der Waals surface area contributed by atoms with Gasteiger partial charge in [-0.2, -0.15) is 0 Å². The van der Waals surface area contributed by atoms with Gasteiger partial charge in [0.25, 0.3) is 5.91 Å². The molecule has 0 radical (unpaired) electrons. The van der Waals surface area contributed by atoms with Crippen LogP contribution in [0.25, 0.3) is 0 Å². The molecule has 0 aromatic heterocycles. The van der Waals surface area contributed by atoms with Crippen molar-refractivity contribution in [3.05, 3.63) is 53.6 Å². The Kier molecular flexibility index (Phi) is 6.37. The summed E-state index contributed by atoms with van der Waals surface area (Å²) in [5.41, 5.74) is 1.31. The van der Waals surface area contributed by atoms with Gasteiger partial charge in [0, 0.05) is 13.1 Å². The Morgan fingerprint density at radius 2 is 1.89 bits per heavy atom. The molecule has 7 heteroatoms. The lowest BCUT2D eigenvalue weighted by atomic mass is 10.1. The summed E-state index contributed by atoms with van der Waals surface area (Å²) in [6, 6.07) is 12.6. The molecule has 0 saturated heterocycles. The van der Waals surface area contributed by atoms with Crippen LogP contribution in [-0.2, 0) is 16.1 Å². The minimum atomic E-state index is -0.342. The molecule has 7 nitrogen and oxygen atoms in total. The van der Waals surface area contributed by atoms with Gasteiger partial charge in [0.1, 0.15) is 5.75 Å². The van der Waals surface area contributed by atoms with E-state index in [1.807, 2.05) is 18.2 Å². The maximum absolute atomic E-state index is 13.2. The fraction of sp³-hybridized carbons (Fsp3) is 0.333. The smallest absolute Gasteiger partial charge is 0.307 e. The molecule has 0 bridgehead atoms. The number of esters is 1. The van der Waals surface area contributed by atoms with Crippen LogP contribution in [0.4, 0.5) is 0 Å². The molecule has 0 saturated carbocycles. The molecule has 1 aliphatic heterocycles. The number of rotatable bonds is 8. The molecule has 0 aliphatic carbocycles. The van der Waals surface area contributed by atoms with Crippen LogP contribution in [0, 0.1) is 0 Å². The average molecular weight is 385 g/mol. The zero-order chi connectivity index (χ0) is 19.9. The molecular formula is C21H23NO6. The minimum Gasteiger partial charge on any atom is -0.496 e. The standard InChI is InChI=1S/C21H23NO6/c1-3-26-20(23)10-11-22(21(24)16-6-4-5-7-17(16)25-2)13-15-8-9-18-19(12-15)28-14-27-18/h4-9,12H,3,10-11,13-14H2,1-2H3. The Labute approximate surface area is 163 Å². The van der Waals surface area contributed by atoms with E-state index in [9.17, 15) is 9.59 Å². The van der Waals surface area contributed by atoms with Crippen molar-refractivity contribution in [2.75, 3.05) is 27.1 Å². The summed E-state index contributed by atoms with van der Waals surface area (Å²) in [6.07, 6.45) is 0.110. The third-order valence-electron chi connectivity index (χ3n) is 4.33. The molecule has 0 unspecified atom stereocenters. The Morgan fingerprint density at radius 1 is 1.11 bits per heavy atom. The first-order valence-electron chi connectivity index (χ1n) is 9.08. The molecule has 148 valence electrons. The summed E-state index contributed by atoms with van der Waals surface area (Å²) in [5.74, 6) is 1.25. The van der Waals surface area contributed by atoms with Crippen molar-refractivity contribution in [3.8, 4) is 17.2 Å². The second kappa shape index (κ2) is 9.12. The molecule has 1 amide bonds. The van der Waals surface area contributed by atoms with Gasteiger partial charge in [-0.05, 0) is 36.8 Å². The third-order valence-corrected chi connectivity index (χ3v) is 4.33. The first kappa shape index (κ1) is 19.5. The number of para-hydroxylation sites is 1. The number of carbonyl (C=O) groups excluding carboxylic acids is 2. The van der Waals surface area contributed by atoms with Gasteiger partial charge in [-0.25, -0.2) is 0 Å². The lowest BCUT2D eigenvalue weighted by Gasteiger charge is -2.23. The maximum Gasteiger partial charge on any atom is 0.307 e. The molecule has 1 heterocycles. The lowest BCUT2D eigenvalue weighted by Crippen LogP contribution is -2.33. The van der Waals surface area contributed by atoms with E-state index >= 15 is 0 Å². The topological polar surface area (TPSA) is 74.3 Å². The summed E-state index contributed by atoms with van der Waals surface area (Å²) >= 11 is 0. The van der Waals surface area contributed by atoms with Crippen LogP contribution in [0.3, 0.4) is 0 Å². The van der Waals surface area contributed by atoms with Crippen LogP contribution in [0.2, 0.25) is 0 Å². The average Bonchev–Trinajstić information content (AvgIpc) is 3.18. The molecule has 28 heavy (non-hydrogen) atoms. The molecule has 0 spiro atoms. The molecule has 3 rings (SSSR count). The summed E-state index contributed by atoms with van der Waals surface area (Å²) in [6.45, 7) is 2.78. The van der Waals surface area contributed by atoms with E-state index in [0.717, 1.165) is 5.56 Å². The van der Waals surface area contributed by atoms with E-state index in [0.29, 0.717) is 36.0 Å². The fourth-order valence-corrected chi connectivity index (χ4v) is 2.96. The highest BCUT2D eigenvalue weighted by atomic mass is 16.7. The molecule has 0 fully saturated rings. The van der Waals surface area contributed by atoms with Crippen molar-refractivity contribution in [1.29, 1.82) is 0 Å². The molecule has 0 atom stereocenters. The minimum absolute atomic E-state index is 0.110. The van der Waals surface area contributed by atoms with Crippen molar-refractivity contribution >= 4 is 11.9 Å². The van der Waals surface area contributed by atoms with Gasteiger partial charge in [-0.3, -0.25) is 9.59 Å². The zero-order valence-corrected chi connectivity index (χ0v) is 16.0. The number of fused-ring (bicyclic) bond motifs is 1. The first-order valence-corrected chi connectivity index (χ1v) is 9.08. The van der Waals surface area contributed by atoms with E-state index in [1.165, 1.54) is 7.11 Å². The molecule has 0 N–H and O–H groups in total. The fourth-order valence-electron chi connectivity index (χ4n) is 2.96. The summed E-state index contributed by atoms with van der Waals surface area (Å²) in [7, 11) is 1.52. The van der Waals surface area contributed by atoms with Crippen molar-refractivity contribution in [2.24, 2.45) is 0 Å². The van der Waals surface area contributed by atoms with Crippen molar-refractivity contribution in [3.63, 3.8) is 0 Å². The predicted molar refractivity (Wildman–Crippen MR) is 102 cm³/mol. The van der Waals surface area contributed by atoms with Crippen molar-refractivity contribution in [2.45, 2.75) is 19.9 Å². The van der Waals surface area contributed by atoms with Crippen LogP contribution in [0.5, 0.6) is 17.2 Å². The third kappa shape index (κ3) is 4.54. The normalized spacial score (nSPS) is 11.8. The highest BCUT2D eigenvalue weighted by Crippen LogP contribution is 2.33. The van der Waals surface area contributed by atoms with Gasteiger partial charge in [0.05, 0.1) is 25.7 Å². The Balaban J connectivity index is 1.81. The summed E-state index contributed by atoms with van der Waals surface area (Å²) < 4.78 is 21.1. The van der Waals surface area contributed by atoms with E-state index < -0.39 is 0 Å². The number of nitrogens with zero attached hydrogens (tertiary/aromatic N) is 1. The number of benzene rings is 2. The Hall–Kier alpha value is -3.22. The van der Waals surface area contributed by atoms with Gasteiger partial charge in [-0.15, -0.1) is 0 Å². The highest BCUT2D eigenvalue weighted by molar-refractivity contribution is 5.97. The van der Waals surface area contributed by atoms with Gasteiger partial charge in [0.15, 0.2) is 11.5 Å². The Morgan fingerprint density at radius 3 is 2.68 bits per heavy atom. The van der Waals surface area contributed by atoms with Gasteiger partial charge >= 0.3 is 5.97 Å². The highest BCUT2D eigenvalue weighted by Gasteiger charge is 2.22. The summed E-state index contributed by atoms with van der Waals surface area (Å²) in [5, 5.41) is 0. The summed E-state index contributed by atoms with van der Waals surface area (Å²) in [4.78, 5) is 26.6. The van der Waals surface area contributed by atoms with E-state index in [-0.39, 0.29) is 31.6 Å². The Bertz CT molecular complexity index is 851. The number of hydrogen-bond donors (Lipinski definition) is 0. The van der Waals surface area contributed by atoms with Crippen LogP contribution in [0.1, 0.15) is 29.3 Å². The maximum atomic E-state index is 13.2. The van der Waals surface area contributed by atoms with Gasteiger partial charge in [0.2, 0.25) is 6.79 Å². The number of carbonyl (C=O) groups is 2. The number of methoxy groups -OCH3 is 1. The number of ether oxygens (including phenoxy) is 4. The van der Waals surface area contributed by atoms with E-state index in [4.69, 9.17) is 18.9 Å². The largest absolute Gasteiger partial charge is 0.496 e. The van der Waals surface area contributed by atoms with Gasteiger partial charge in [-0.1, -0.05) is 18.2 Å². The monoisotopic (exact) mass is 385 g/mol. The molecule has 2 aromatic rings. The first-order chi connectivity index (χ1) is 13.6. The lowest BCUT2D eigenvalue weighted by molar-refractivity contribution is -0.143. The number of amides is 1. The number of hydrogen-bond acceptors (Lipinski definition) is 6.